The lowest BCUT2D eigenvalue weighted by atomic mass is 10.1. The van der Waals surface area contributed by atoms with E-state index in [9.17, 15) is 9.18 Å². The highest BCUT2D eigenvalue weighted by Gasteiger charge is 2.33. The number of nitrogen functional groups attached to an aromatic ring is 1. The summed E-state index contributed by atoms with van der Waals surface area (Å²) in [5.74, 6) is 0.396. The molecule has 3 aromatic rings. The Balaban J connectivity index is 1.69. The molecule has 1 aromatic heterocycles. The second kappa shape index (κ2) is 7.98. The quantitative estimate of drug-likeness (QED) is 0.604. The van der Waals surface area contributed by atoms with Gasteiger partial charge in [-0.25, -0.2) is 14.2 Å². The lowest BCUT2D eigenvalue weighted by Crippen LogP contribution is -2.46. The van der Waals surface area contributed by atoms with Crippen LogP contribution in [0.25, 0.3) is 0 Å². The SMILES string of the molecule is COc1cc(OC)c(F)c(N2Cc3cnc(Nc4ccccc4N)nc3N(C)C2=O)c1. The zero-order valence-electron chi connectivity index (χ0n) is 17.2. The van der Waals surface area contributed by atoms with Crippen molar-refractivity contribution in [1.29, 1.82) is 0 Å². The number of hydrogen-bond donors (Lipinski definition) is 2. The molecule has 160 valence electrons. The second-order valence-electron chi connectivity index (χ2n) is 6.85. The molecule has 2 amide bonds. The van der Waals surface area contributed by atoms with E-state index in [0.717, 1.165) is 0 Å². The van der Waals surface area contributed by atoms with Crippen molar-refractivity contribution in [3.63, 3.8) is 0 Å². The van der Waals surface area contributed by atoms with Gasteiger partial charge in [-0.2, -0.15) is 4.98 Å². The Morgan fingerprint density at radius 3 is 2.68 bits per heavy atom. The van der Waals surface area contributed by atoms with Gasteiger partial charge in [0, 0.05) is 30.9 Å². The number of nitrogens with zero attached hydrogens (tertiary/aromatic N) is 4. The molecular weight excluding hydrogens is 403 g/mol. The van der Waals surface area contributed by atoms with E-state index in [1.165, 1.54) is 36.2 Å². The number of nitrogens with two attached hydrogens (primary N) is 1. The van der Waals surface area contributed by atoms with Crippen LogP contribution in [0.1, 0.15) is 5.56 Å². The van der Waals surface area contributed by atoms with Crippen molar-refractivity contribution in [2.24, 2.45) is 0 Å². The lowest BCUT2D eigenvalue weighted by Gasteiger charge is -2.34. The van der Waals surface area contributed by atoms with Crippen LogP contribution in [0.2, 0.25) is 0 Å². The summed E-state index contributed by atoms with van der Waals surface area (Å²) in [6, 6.07) is 9.62. The number of ether oxygens (including phenoxy) is 2. The number of rotatable bonds is 5. The molecule has 4 rings (SSSR count). The number of carbonyl (C=O) groups excluding carboxylic acids is 1. The number of hydrogen-bond acceptors (Lipinski definition) is 7. The fourth-order valence-electron chi connectivity index (χ4n) is 3.31. The summed E-state index contributed by atoms with van der Waals surface area (Å²) in [4.78, 5) is 24.5. The van der Waals surface area contributed by atoms with E-state index >= 15 is 0 Å². The summed E-state index contributed by atoms with van der Waals surface area (Å²) in [5, 5.41) is 3.05. The van der Waals surface area contributed by atoms with Gasteiger partial charge in [-0.15, -0.1) is 0 Å². The molecule has 0 saturated carbocycles. The molecule has 1 aliphatic heterocycles. The summed E-state index contributed by atoms with van der Waals surface area (Å²) in [6.07, 6.45) is 1.59. The fourth-order valence-corrected chi connectivity index (χ4v) is 3.31. The van der Waals surface area contributed by atoms with E-state index in [1.807, 2.05) is 12.1 Å². The fraction of sp³-hybridized carbons (Fsp3) is 0.190. The van der Waals surface area contributed by atoms with Crippen LogP contribution in [0.4, 0.5) is 38.0 Å². The number of benzene rings is 2. The third kappa shape index (κ3) is 3.63. The van der Waals surface area contributed by atoms with Gasteiger partial charge < -0.3 is 20.5 Å². The number of urea groups is 1. The molecule has 2 aromatic carbocycles. The van der Waals surface area contributed by atoms with Crippen molar-refractivity contribution in [3.8, 4) is 11.5 Å². The minimum absolute atomic E-state index is 0.0214. The Bertz CT molecular complexity index is 1160. The average Bonchev–Trinajstić information content (AvgIpc) is 2.78. The highest BCUT2D eigenvalue weighted by Crippen LogP contribution is 2.37. The first-order valence-electron chi connectivity index (χ1n) is 9.37. The van der Waals surface area contributed by atoms with E-state index in [1.54, 1.807) is 25.4 Å². The van der Waals surface area contributed by atoms with Crippen molar-refractivity contribution in [2.75, 3.05) is 42.1 Å². The Morgan fingerprint density at radius 2 is 1.97 bits per heavy atom. The highest BCUT2D eigenvalue weighted by molar-refractivity contribution is 6.05. The monoisotopic (exact) mass is 424 g/mol. The highest BCUT2D eigenvalue weighted by atomic mass is 19.1. The molecule has 0 atom stereocenters. The zero-order chi connectivity index (χ0) is 22.1. The molecule has 0 bridgehead atoms. The van der Waals surface area contributed by atoms with Crippen LogP contribution < -0.4 is 30.3 Å². The standard InChI is InChI=1S/C21H21FN6O3/c1-27-19-12(10-24-20(26-19)25-15-7-5-4-6-14(15)23)11-28(21(27)29)16-8-13(30-2)9-17(31-3)18(16)22/h4-10H,11,23H2,1-3H3,(H,24,25,26). The summed E-state index contributed by atoms with van der Waals surface area (Å²) in [5.41, 5.74) is 7.84. The number of amides is 2. The van der Waals surface area contributed by atoms with E-state index in [-0.39, 0.29) is 18.0 Å². The molecule has 2 heterocycles. The third-order valence-corrected chi connectivity index (χ3v) is 4.95. The number of anilines is 5. The topological polar surface area (TPSA) is 106 Å². The molecular formula is C21H21FN6O3. The zero-order valence-corrected chi connectivity index (χ0v) is 17.2. The molecule has 0 spiro atoms. The molecule has 0 saturated heterocycles. The normalized spacial score (nSPS) is 13.1. The first-order chi connectivity index (χ1) is 14.9. The van der Waals surface area contributed by atoms with Gasteiger partial charge in [-0.3, -0.25) is 9.80 Å². The van der Waals surface area contributed by atoms with Crippen LogP contribution in [0.5, 0.6) is 11.5 Å². The van der Waals surface area contributed by atoms with Crippen molar-refractivity contribution >= 4 is 34.9 Å². The van der Waals surface area contributed by atoms with E-state index < -0.39 is 11.8 Å². The second-order valence-corrected chi connectivity index (χ2v) is 6.85. The molecule has 3 N–H and O–H groups in total. The van der Waals surface area contributed by atoms with Gasteiger partial charge in [0.2, 0.25) is 5.95 Å². The van der Waals surface area contributed by atoms with Gasteiger partial charge >= 0.3 is 6.03 Å². The number of para-hydroxylation sites is 2. The van der Waals surface area contributed by atoms with Crippen molar-refractivity contribution < 1.29 is 18.7 Å². The number of halogens is 1. The molecule has 0 unspecified atom stereocenters. The smallest absolute Gasteiger partial charge is 0.330 e. The number of carbonyl (C=O) groups is 1. The van der Waals surface area contributed by atoms with Crippen molar-refractivity contribution in [1.82, 2.24) is 9.97 Å². The van der Waals surface area contributed by atoms with Crippen molar-refractivity contribution in [3.05, 3.63) is 54.0 Å². The molecule has 0 fully saturated rings. The maximum atomic E-state index is 14.9. The Kier molecular flexibility index (Phi) is 5.20. The van der Waals surface area contributed by atoms with Gasteiger partial charge in [0.1, 0.15) is 11.6 Å². The molecule has 1 aliphatic rings. The Labute approximate surface area is 178 Å². The molecule has 10 heteroatoms. The molecule has 0 aliphatic carbocycles. The predicted octanol–water partition coefficient (Wildman–Crippen LogP) is 3.54. The Hall–Kier alpha value is -4.08. The van der Waals surface area contributed by atoms with Crippen molar-refractivity contribution in [2.45, 2.75) is 6.54 Å². The van der Waals surface area contributed by atoms with Crippen LogP contribution in [0.3, 0.4) is 0 Å². The summed E-state index contributed by atoms with van der Waals surface area (Å²) >= 11 is 0. The van der Waals surface area contributed by atoms with Crippen LogP contribution in [-0.4, -0.2) is 37.3 Å². The minimum atomic E-state index is -0.660. The molecule has 31 heavy (non-hydrogen) atoms. The summed E-state index contributed by atoms with van der Waals surface area (Å²) in [7, 11) is 4.37. The third-order valence-electron chi connectivity index (χ3n) is 4.95. The van der Waals surface area contributed by atoms with Crippen LogP contribution in [-0.2, 0) is 6.54 Å². The van der Waals surface area contributed by atoms with Gasteiger partial charge in [-0.1, -0.05) is 12.1 Å². The summed E-state index contributed by atoms with van der Waals surface area (Å²) < 4.78 is 25.2. The maximum Gasteiger partial charge on any atom is 0.330 e. The number of nitrogens with one attached hydrogen (secondary N) is 1. The van der Waals surface area contributed by atoms with Gasteiger partial charge in [0.25, 0.3) is 0 Å². The van der Waals surface area contributed by atoms with E-state index in [2.05, 4.69) is 15.3 Å². The maximum absolute atomic E-state index is 14.9. The first-order valence-corrected chi connectivity index (χ1v) is 9.37. The summed E-state index contributed by atoms with van der Waals surface area (Å²) in [6.45, 7) is 0.0828. The van der Waals surface area contributed by atoms with E-state index in [4.69, 9.17) is 15.2 Å². The largest absolute Gasteiger partial charge is 0.497 e. The Morgan fingerprint density at radius 1 is 1.19 bits per heavy atom. The van der Waals surface area contributed by atoms with Crippen LogP contribution in [0.15, 0.2) is 42.6 Å². The predicted molar refractivity (Wildman–Crippen MR) is 116 cm³/mol. The van der Waals surface area contributed by atoms with Gasteiger partial charge in [0.05, 0.1) is 37.8 Å². The van der Waals surface area contributed by atoms with E-state index in [0.29, 0.717) is 34.5 Å². The number of methoxy groups -OCH3 is 2. The van der Waals surface area contributed by atoms with Gasteiger partial charge in [0.15, 0.2) is 11.6 Å². The first kappa shape index (κ1) is 20.2. The van der Waals surface area contributed by atoms with Crippen LogP contribution >= 0.6 is 0 Å². The lowest BCUT2D eigenvalue weighted by molar-refractivity contribution is 0.250. The van der Waals surface area contributed by atoms with Crippen LogP contribution in [0, 0.1) is 5.82 Å². The molecule has 9 nitrogen and oxygen atoms in total. The average molecular weight is 424 g/mol. The number of fused-ring (bicyclic) bond motifs is 1. The number of aromatic nitrogens is 2. The van der Waals surface area contributed by atoms with Gasteiger partial charge in [-0.05, 0) is 12.1 Å². The molecule has 0 radical (unpaired) electrons. The minimum Gasteiger partial charge on any atom is -0.497 e.